The lowest BCUT2D eigenvalue weighted by molar-refractivity contribution is 0.397. The van der Waals surface area contributed by atoms with Gasteiger partial charge in [-0.3, -0.25) is 4.55 Å². The van der Waals surface area contributed by atoms with Crippen molar-refractivity contribution in [2.45, 2.75) is 33.1 Å². The Labute approximate surface area is 73.2 Å². The molecule has 0 heterocycles. The van der Waals surface area contributed by atoms with Crippen molar-refractivity contribution in [1.29, 1.82) is 0 Å². The number of hydrogen-bond acceptors (Lipinski definition) is 2. The molecule has 3 nitrogen and oxygen atoms in total. The van der Waals surface area contributed by atoms with Crippen molar-refractivity contribution in [2.24, 2.45) is 5.41 Å². The van der Waals surface area contributed by atoms with Gasteiger partial charge in [0.1, 0.15) is 0 Å². The fourth-order valence-corrected chi connectivity index (χ4v) is 2.37. The van der Waals surface area contributed by atoms with Gasteiger partial charge in [-0.25, -0.2) is 0 Å². The van der Waals surface area contributed by atoms with Gasteiger partial charge in [0.2, 0.25) is 0 Å². The van der Waals surface area contributed by atoms with E-state index in [-0.39, 0.29) is 10.3 Å². The highest BCUT2D eigenvalue weighted by Gasteiger charge is 2.25. The van der Waals surface area contributed by atoms with Crippen LogP contribution in [0.5, 0.6) is 0 Å². The average Bonchev–Trinajstić information content (AvgIpc) is 1.83. The third-order valence-corrected chi connectivity index (χ3v) is 3.11. The molecule has 0 unspecified atom stereocenters. The second-order valence-electron chi connectivity index (χ2n) is 3.93. The topological polar surface area (TPSA) is 54.4 Å². The van der Waals surface area contributed by atoms with Crippen LogP contribution in [0, 0.1) is 5.41 Å². The van der Waals surface area contributed by atoms with E-state index in [1.807, 2.05) is 13.8 Å². The Balaban J connectivity index is 3.01. The van der Waals surface area contributed by atoms with E-state index in [2.05, 4.69) is 0 Å². The van der Waals surface area contributed by atoms with Gasteiger partial charge in [-0.15, -0.1) is 0 Å². The van der Waals surface area contributed by atoms with Gasteiger partial charge >= 0.3 is 0 Å². The molecular weight excluding hydrogens is 176 g/mol. The number of hydrogen-bond donors (Lipinski definition) is 1. The van der Waals surface area contributed by atoms with Gasteiger partial charge in [-0.1, -0.05) is 19.9 Å². The third kappa shape index (κ3) is 2.32. The molecular formula is C8H14O3S. The van der Waals surface area contributed by atoms with Crippen molar-refractivity contribution in [1.82, 2.24) is 0 Å². The van der Waals surface area contributed by atoms with Gasteiger partial charge in [0, 0.05) is 0 Å². The van der Waals surface area contributed by atoms with Crippen LogP contribution in [0.4, 0.5) is 0 Å². The summed E-state index contributed by atoms with van der Waals surface area (Å²) in [6, 6.07) is 0. The molecule has 0 aromatic rings. The summed E-state index contributed by atoms with van der Waals surface area (Å²) in [5, 5.41) is 0. The molecule has 0 radical (unpaired) electrons. The number of allylic oxidation sites excluding steroid dienone is 2. The molecule has 0 saturated heterocycles. The summed E-state index contributed by atoms with van der Waals surface area (Å²) in [6.45, 7) is 3.94. The zero-order valence-electron chi connectivity index (χ0n) is 7.37. The fraction of sp³-hybridized carbons (Fsp3) is 0.750. The standard InChI is InChI=1S/C8H14O3S/c1-8(2)5-3-4-7(6-8)12(9,10)11/h6H,3-5H2,1-2H3,(H,9,10,11). The third-order valence-electron chi connectivity index (χ3n) is 2.13. The maximum absolute atomic E-state index is 10.8. The molecule has 70 valence electrons. The van der Waals surface area contributed by atoms with E-state index in [0.717, 1.165) is 12.8 Å². The second kappa shape index (κ2) is 2.85. The van der Waals surface area contributed by atoms with Crippen LogP contribution in [-0.2, 0) is 10.1 Å². The van der Waals surface area contributed by atoms with Crippen molar-refractivity contribution < 1.29 is 13.0 Å². The van der Waals surface area contributed by atoms with E-state index in [4.69, 9.17) is 4.55 Å². The minimum atomic E-state index is -3.94. The molecule has 0 aromatic heterocycles. The van der Waals surface area contributed by atoms with E-state index >= 15 is 0 Å². The van der Waals surface area contributed by atoms with Gasteiger partial charge in [-0.05, 0) is 24.7 Å². The summed E-state index contributed by atoms with van der Waals surface area (Å²) in [5.74, 6) is 0. The van der Waals surface area contributed by atoms with Gasteiger partial charge in [0.15, 0.2) is 0 Å². The predicted octanol–water partition coefficient (Wildman–Crippen LogP) is 1.97. The highest BCUT2D eigenvalue weighted by Crippen LogP contribution is 2.34. The van der Waals surface area contributed by atoms with Crippen molar-refractivity contribution in [3.05, 3.63) is 11.0 Å². The molecule has 4 heteroatoms. The van der Waals surface area contributed by atoms with E-state index in [0.29, 0.717) is 6.42 Å². The summed E-state index contributed by atoms with van der Waals surface area (Å²) < 4.78 is 30.3. The van der Waals surface area contributed by atoms with Gasteiger partial charge < -0.3 is 0 Å². The molecule has 0 bridgehead atoms. The predicted molar refractivity (Wildman–Crippen MR) is 47.3 cm³/mol. The van der Waals surface area contributed by atoms with Crippen molar-refractivity contribution in [3.63, 3.8) is 0 Å². The SMILES string of the molecule is CC1(C)C=C(S(=O)(=O)O)CCC1. The highest BCUT2D eigenvalue weighted by molar-refractivity contribution is 7.89. The first kappa shape index (κ1) is 9.74. The zero-order chi connectivity index (χ0) is 9.41. The van der Waals surface area contributed by atoms with Crippen molar-refractivity contribution >= 4 is 10.1 Å². The monoisotopic (exact) mass is 190 g/mol. The quantitative estimate of drug-likeness (QED) is 0.643. The Morgan fingerprint density at radius 2 is 2.08 bits per heavy atom. The van der Waals surface area contributed by atoms with E-state index < -0.39 is 10.1 Å². The lowest BCUT2D eigenvalue weighted by atomic mass is 9.83. The highest BCUT2D eigenvalue weighted by atomic mass is 32.2. The number of rotatable bonds is 1. The molecule has 12 heavy (non-hydrogen) atoms. The van der Waals surface area contributed by atoms with Gasteiger partial charge in [0.05, 0.1) is 4.91 Å². The molecule has 1 N–H and O–H groups in total. The van der Waals surface area contributed by atoms with Crippen LogP contribution < -0.4 is 0 Å². The lowest BCUT2D eigenvalue weighted by Gasteiger charge is -2.25. The molecule has 0 aromatic carbocycles. The lowest BCUT2D eigenvalue weighted by Crippen LogP contribution is -2.16. The van der Waals surface area contributed by atoms with Crippen molar-refractivity contribution in [3.8, 4) is 0 Å². The molecule has 0 spiro atoms. The van der Waals surface area contributed by atoms with Crippen molar-refractivity contribution in [2.75, 3.05) is 0 Å². The van der Waals surface area contributed by atoms with E-state index in [1.165, 1.54) is 0 Å². The average molecular weight is 190 g/mol. The minimum Gasteiger partial charge on any atom is -0.282 e. The van der Waals surface area contributed by atoms with Crippen LogP contribution in [0.3, 0.4) is 0 Å². The van der Waals surface area contributed by atoms with Crippen LogP contribution in [-0.4, -0.2) is 13.0 Å². The first-order valence-electron chi connectivity index (χ1n) is 4.00. The fourth-order valence-electron chi connectivity index (χ4n) is 1.50. The zero-order valence-corrected chi connectivity index (χ0v) is 8.19. The summed E-state index contributed by atoms with van der Waals surface area (Å²) in [7, 11) is -3.94. The molecule has 1 aliphatic carbocycles. The van der Waals surface area contributed by atoms with Crippen LogP contribution in [0.15, 0.2) is 11.0 Å². The largest absolute Gasteiger partial charge is 0.290 e. The molecule has 0 aliphatic heterocycles. The molecule has 0 atom stereocenters. The first-order chi connectivity index (χ1) is 5.31. The van der Waals surface area contributed by atoms with Gasteiger partial charge in [0.25, 0.3) is 10.1 Å². The van der Waals surface area contributed by atoms with Crippen LogP contribution in [0.25, 0.3) is 0 Å². The van der Waals surface area contributed by atoms with Crippen LogP contribution >= 0.6 is 0 Å². The summed E-state index contributed by atoms with van der Waals surface area (Å²) >= 11 is 0. The van der Waals surface area contributed by atoms with Crippen LogP contribution in [0.1, 0.15) is 33.1 Å². The smallest absolute Gasteiger partial charge is 0.282 e. The van der Waals surface area contributed by atoms with Crippen LogP contribution in [0.2, 0.25) is 0 Å². The summed E-state index contributed by atoms with van der Waals surface area (Å²) in [5.41, 5.74) is -0.0939. The Bertz CT molecular complexity index is 298. The van der Waals surface area contributed by atoms with E-state index in [1.54, 1.807) is 6.08 Å². The molecule has 1 aliphatic rings. The second-order valence-corrected chi connectivity index (χ2v) is 5.40. The first-order valence-corrected chi connectivity index (χ1v) is 5.44. The Kier molecular flexibility index (Phi) is 2.31. The Morgan fingerprint density at radius 1 is 1.50 bits per heavy atom. The molecule has 0 saturated carbocycles. The Morgan fingerprint density at radius 3 is 2.42 bits per heavy atom. The van der Waals surface area contributed by atoms with Gasteiger partial charge in [-0.2, -0.15) is 8.42 Å². The summed E-state index contributed by atoms with van der Waals surface area (Å²) in [6.07, 6.45) is 3.94. The normalized spacial score (nSPS) is 23.4. The van der Waals surface area contributed by atoms with E-state index in [9.17, 15) is 8.42 Å². The molecule has 1 rings (SSSR count). The Hall–Kier alpha value is -0.350. The minimum absolute atomic E-state index is 0.0939. The maximum Gasteiger partial charge on any atom is 0.290 e. The molecule has 0 amide bonds. The molecule has 0 fully saturated rings. The summed E-state index contributed by atoms with van der Waals surface area (Å²) in [4.78, 5) is 0.179. The maximum atomic E-state index is 10.8.